The quantitative estimate of drug-likeness (QED) is 0.0543. The van der Waals surface area contributed by atoms with Crippen LogP contribution in [-0.4, -0.2) is 128 Å². The number of carbonyl (C=O) groups is 3. The maximum absolute atomic E-state index is 12.9. The minimum Gasteiger partial charge on any atom is -0.494 e. The van der Waals surface area contributed by atoms with Crippen molar-refractivity contribution in [2.45, 2.75) is 0 Å². The Kier molecular flexibility index (Phi) is 14.8. The number of hydrogen-bond acceptors (Lipinski definition) is 18. The van der Waals surface area contributed by atoms with E-state index in [1.54, 1.807) is 62.8 Å². The molecule has 0 radical (unpaired) electrons. The Bertz CT molecular complexity index is 2600. The van der Waals surface area contributed by atoms with Gasteiger partial charge in [0.25, 0.3) is 0 Å². The highest BCUT2D eigenvalue weighted by atomic mass is 32.1. The van der Waals surface area contributed by atoms with Crippen molar-refractivity contribution in [3.63, 3.8) is 0 Å². The zero-order valence-corrected chi connectivity index (χ0v) is 37.7. The number of carbonyl (C=O) groups excluding carboxylic acids is 3. The van der Waals surface area contributed by atoms with Gasteiger partial charge in [-0.3, -0.25) is 14.4 Å². The van der Waals surface area contributed by atoms with E-state index >= 15 is 0 Å². The molecule has 0 saturated carbocycles. The smallest absolute Gasteiger partial charge is 0.247 e. The van der Waals surface area contributed by atoms with Gasteiger partial charge in [0.15, 0.2) is 10.0 Å². The average molecular weight is 903 g/mol. The van der Waals surface area contributed by atoms with Crippen molar-refractivity contribution in [2.75, 3.05) is 112 Å². The maximum atomic E-state index is 12.9. The number of nitrogen functional groups attached to an aromatic ring is 1. The molecule has 5 N–H and O–H groups in total. The number of methoxy groups -OCH3 is 2. The maximum Gasteiger partial charge on any atom is 0.247 e. The Labute approximate surface area is 379 Å². The van der Waals surface area contributed by atoms with Crippen molar-refractivity contribution < 1.29 is 23.9 Å². The van der Waals surface area contributed by atoms with E-state index in [0.29, 0.717) is 49.3 Å². The number of hydrogen-bond donors (Lipinski definition) is 4. The number of likely N-dealkylation sites (N-methyl/N-ethyl adjacent to an activating group) is 2. The number of amides is 1. The van der Waals surface area contributed by atoms with Gasteiger partial charge in [-0.25, -0.2) is 0 Å². The van der Waals surface area contributed by atoms with Gasteiger partial charge in [-0.05, 0) is 68.7 Å². The lowest BCUT2D eigenvalue weighted by Crippen LogP contribution is -2.44. The number of nitrogens with two attached hydrogens (primary N) is 1. The lowest BCUT2D eigenvalue weighted by atomic mass is 10.1. The topological polar surface area (TPSA) is 196 Å². The standard InChI is InChI=1S/C24H26N6O3S.C21H24N6O2S/c1-4-21(31)25-17-7-5-6-16(14-17)22(32)23-27-28-24(34-23)26-19-9-8-18(15-20(19)33-3)30-12-10-29(2)11-13-30;1-26-8-10-27(11-9-26)16-6-7-17(18(13-16)29-2)23-21-25-24-20(30-21)19(28)14-4-3-5-15(22)12-14/h4-9,14-15H,1,10-13H2,2-3H3,(H,25,31)(H,26,28);3-7,12-13H,8-11,22H2,1-2H3,(H,23,25). The molecular weight excluding hydrogens is 853 g/mol. The highest BCUT2D eigenvalue weighted by Crippen LogP contribution is 2.35. The number of piperazine rings is 2. The Hall–Kier alpha value is -6.93. The summed E-state index contributed by atoms with van der Waals surface area (Å²) in [6.07, 6.45) is 1.17. The number of benzene rings is 4. The first-order valence-electron chi connectivity index (χ1n) is 20.4. The van der Waals surface area contributed by atoms with Crippen LogP contribution in [0, 0.1) is 0 Å². The number of aromatic nitrogens is 4. The Morgan fingerprint density at radius 2 is 1.11 bits per heavy atom. The first-order chi connectivity index (χ1) is 31.0. The molecule has 0 bridgehead atoms. The van der Waals surface area contributed by atoms with Crippen LogP contribution in [0.15, 0.2) is 97.6 Å². The lowest BCUT2D eigenvalue weighted by Gasteiger charge is -2.34. The van der Waals surface area contributed by atoms with Crippen LogP contribution in [0.4, 0.5) is 44.4 Å². The number of anilines is 8. The monoisotopic (exact) mass is 902 g/mol. The summed E-state index contributed by atoms with van der Waals surface area (Å²) >= 11 is 2.34. The van der Waals surface area contributed by atoms with Crippen molar-refractivity contribution in [1.29, 1.82) is 0 Å². The first-order valence-corrected chi connectivity index (χ1v) is 22.1. The summed E-state index contributed by atoms with van der Waals surface area (Å²) < 4.78 is 11.2. The molecule has 332 valence electrons. The van der Waals surface area contributed by atoms with E-state index in [0.717, 1.165) is 86.4 Å². The van der Waals surface area contributed by atoms with Crippen molar-refractivity contribution in [3.05, 3.63) is 119 Å². The summed E-state index contributed by atoms with van der Waals surface area (Å²) in [6, 6.07) is 25.5. The third kappa shape index (κ3) is 11.4. The number of nitrogens with zero attached hydrogens (tertiary/aromatic N) is 8. The van der Waals surface area contributed by atoms with E-state index < -0.39 is 0 Å². The van der Waals surface area contributed by atoms with Crippen molar-refractivity contribution in [1.82, 2.24) is 30.2 Å². The van der Waals surface area contributed by atoms with Gasteiger partial charge in [0, 0.05) is 98.4 Å². The van der Waals surface area contributed by atoms with Gasteiger partial charge in [-0.2, -0.15) is 0 Å². The van der Waals surface area contributed by atoms with Crippen molar-refractivity contribution in [2.24, 2.45) is 0 Å². The van der Waals surface area contributed by atoms with E-state index in [9.17, 15) is 14.4 Å². The van der Waals surface area contributed by atoms with Gasteiger partial charge in [0.2, 0.25) is 27.7 Å². The van der Waals surface area contributed by atoms with Gasteiger partial charge in [0.1, 0.15) is 11.5 Å². The van der Waals surface area contributed by atoms with Gasteiger partial charge in [-0.1, -0.05) is 53.5 Å². The summed E-state index contributed by atoms with van der Waals surface area (Å²) in [5.74, 6) is 0.568. The minimum absolute atomic E-state index is 0.203. The largest absolute Gasteiger partial charge is 0.494 e. The molecule has 2 aromatic heterocycles. The molecule has 17 nitrogen and oxygen atoms in total. The molecule has 64 heavy (non-hydrogen) atoms. The average Bonchev–Trinajstić information content (AvgIpc) is 4.00. The second-order valence-corrected chi connectivity index (χ2v) is 16.9. The van der Waals surface area contributed by atoms with Crippen LogP contribution >= 0.6 is 22.7 Å². The fourth-order valence-electron chi connectivity index (χ4n) is 6.91. The summed E-state index contributed by atoms with van der Waals surface area (Å²) in [4.78, 5) is 46.4. The SMILES string of the molecule is C=CC(=O)Nc1cccc(C(=O)c2nnc(Nc3ccc(N4CCN(C)CC4)cc3OC)s2)c1.COc1cc(N2CCN(C)CC2)ccc1Nc1nnc(C(=O)c2cccc(N)c2)s1. The molecule has 0 spiro atoms. The molecule has 2 aliphatic rings. The summed E-state index contributed by atoms with van der Waals surface area (Å²) in [5, 5.41) is 26.9. The van der Waals surface area contributed by atoms with Crippen molar-refractivity contribution in [3.8, 4) is 11.5 Å². The molecule has 8 rings (SSSR count). The van der Waals surface area contributed by atoms with E-state index in [4.69, 9.17) is 15.2 Å². The fourth-order valence-corrected chi connectivity index (χ4v) is 8.34. The highest BCUT2D eigenvalue weighted by molar-refractivity contribution is 7.17. The highest BCUT2D eigenvalue weighted by Gasteiger charge is 2.21. The van der Waals surface area contributed by atoms with Crippen LogP contribution in [0.5, 0.6) is 11.5 Å². The molecule has 2 aliphatic heterocycles. The minimum atomic E-state index is -0.348. The van der Waals surface area contributed by atoms with Gasteiger partial charge >= 0.3 is 0 Å². The second-order valence-electron chi connectivity index (χ2n) is 15.0. The lowest BCUT2D eigenvalue weighted by molar-refractivity contribution is -0.111. The second kappa shape index (κ2) is 21.0. The molecule has 2 saturated heterocycles. The van der Waals surface area contributed by atoms with E-state index in [-0.39, 0.29) is 22.5 Å². The number of rotatable bonds is 14. The van der Waals surface area contributed by atoms with Crippen LogP contribution in [0.1, 0.15) is 30.7 Å². The molecule has 19 heteroatoms. The Morgan fingerprint density at radius 1 is 0.641 bits per heavy atom. The van der Waals surface area contributed by atoms with E-state index in [2.05, 4.69) is 82.7 Å². The molecule has 4 aromatic carbocycles. The first kappa shape index (κ1) is 45.1. The number of ether oxygens (including phenoxy) is 2. The molecule has 0 atom stereocenters. The van der Waals surface area contributed by atoms with Crippen LogP contribution < -0.4 is 41.0 Å². The van der Waals surface area contributed by atoms with Crippen LogP contribution in [-0.2, 0) is 4.79 Å². The molecule has 1 amide bonds. The van der Waals surface area contributed by atoms with Gasteiger partial charge in [0.05, 0.1) is 25.6 Å². The molecular formula is C45H50N12O5S2. The predicted octanol–water partition coefficient (Wildman–Crippen LogP) is 6.25. The van der Waals surface area contributed by atoms with Gasteiger partial charge < -0.3 is 50.8 Å². The third-order valence-electron chi connectivity index (χ3n) is 10.6. The van der Waals surface area contributed by atoms with Crippen LogP contribution in [0.2, 0.25) is 0 Å². The summed E-state index contributed by atoms with van der Waals surface area (Å²) in [6.45, 7) is 11.4. The zero-order chi connectivity index (χ0) is 45.2. The van der Waals surface area contributed by atoms with E-state index in [1.807, 2.05) is 30.3 Å². The summed E-state index contributed by atoms with van der Waals surface area (Å²) in [7, 11) is 7.53. The Morgan fingerprint density at radius 3 is 1.56 bits per heavy atom. The van der Waals surface area contributed by atoms with Crippen LogP contribution in [0.25, 0.3) is 0 Å². The molecule has 6 aromatic rings. The van der Waals surface area contributed by atoms with Gasteiger partial charge in [-0.15, -0.1) is 20.4 Å². The fraction of sp³-hybridized carbons (Fsp3) is 0.267. The van der Waals surface area contributed by atoms with Crippen molar-refractivity contribution >= 4 is 84.5 Å². The summed E-state index contributed by atoms with van der Waals surface area (Å²) in [5.41, 5.74) is 11.4. The van der Waals surface area contributed by atoms with E-state index in [1.165, 1.54) is 17.4 Å². The molecule has 0 aliphatic carbocycles. The molecule has 4 heterocycles. The number of ketones is 2. The molecule has 2 fully saturated rings. The number of nitrogens with one attached hydrogen (secondary N) is 3. The Balaban J connectivity index is 0.000000193. The third-order valence-corrected chi connectivity index (χ3v) is 12.2. The normalized spacial score (nSPS) is 14.2. The predicted molar refractivity (Wildman–Crippen MR) is 255 cm³/mol. The van der Waals surface area contributed by atoms with Crippen LogP contribution in [0.3, 0.4) is 0 Å². The zero-order valence-electron chi connectivity index (χ0n) is 36.0. The molecule has 0 unspecified atom stereocenters.